The van der Waals surface area contributed by atoms with E-state index < -0.39 is 0 Å². The van der Waals surface area contributed by atoms with Gasteiger partial charge in [0.2, 0.25) is 0 Å². The van der Waals surface area contributed by atoms with E-state index in [0.717, 1.165) is 6.54 Å². The number of hydrogen-bond donors (Lipinski definition) is 1. The summed E-state index contributed by atoms with van der Waals surface area (Å²) in [7, 11) is 0. The number of fused-ring (bicyclic) bond motifs is 2. The summed E-state index contributed by atoms with van der Waals surface area (Å²) < 4.78 is 0. The van der Waals surface area contributed by atoms with Gasteiger partial charge in [-0.2, -0.15) is 0 Å². The predicted molar refractivity (Wildman–Crippen MR) is 78.2 cm³/mol. The minimum atomic E-state index is 0.488. The fourth-order valence-electron chi connectivity index (χ4n) is 4.22. The molecule has 19 heavy (non-hydrogen) atoms. The Hall–Kier alpha value is -0.860. The van der Waals surface area contributed by atoms with Crippen LogP contribution < -0.4 is 5.32 Å². The third kappa shape index (κ3) is 2.02. The van der Waals surface area contributed by atoms with Crippen molar-refractivity contribution in [1.29, 1.82) is 0 Å². The highest BCUT2D eigenvalue weighted by Crippen LogP contribution is 2.52. The molecule has 2 heterocycles. The smallest absolute Gasteiger partial charge is 0.0237 e. The quantitative estimate of drug-likeness (QED) is 0.875. The van der Waals surface area contributed by atoms with E-state index in [9.17, 15) is 0 Å². The first-order chi connectivity index (χ1) is 9.19. The molecule has 4 rings (SSSR count). The van der Waals surface area contributed by atoms with Gasteiger partial charge in [0.05, 0.1) is 0 Å². The first-order valence-corrected chi connectivity index (χ1v) is 7.71. The van der Waals surface area contributed by atoms with E-state index in [4.69, 9.17) is 0 Å². The molecule has 2 aliphatic heterocycles. The maximum absolute atomic E-state index is 3.53. The Kier molecular flexibility index (Phi) is 2.55. The SMILES string of the molecule is CC1(CN2Cc3ccccc3C3(CC3)C2)CCNC1. The van der Waals surface area contributed by atoms with E-state index in [2.05, 4.69) is 41.4 Å². The minimum absolute atomic E-state index is 0.488. The number of rotatable bonds is 2. The van der Waals surface area contributed by atoms with E-state index in [0.29, 0.717) is 10.8 Å². The van der Waals surface area contributed by atoms with Crippen molar-refractivity contribution in [2.45, 2.75) is 38.1 Å². The maximum Gasteiger partial charge on any atom is 0.0237 e. The Balaban J connectivity index is 1.57. The van der Waals surface area contributed by atoms with Crippen LogP contribution in [0, 0.1) is 5.41 Å². The second kappa shape index (κ2) is 4.07. The van der Waals surface area contributed by atoms with Gasteiger partial charge in [-0.25, -0.2) is 0 Å². The molecule has 0 radical (unpaired) electrons. The Morgan fingerprint density at radius 3 is 2.79 bits per heavy atom. The molecule has 0 amide bonds. The molecule has 1 spiro atoms. The van der Waals surface area contributed by atoms with E-state index in [1.54, 1.807) is 11.1 Å². The first kappa shape index (κ1) is 11.9. The highest BCUT2D eigenvalue weighted by molar-refractivity contribution is 5.41. The van der Waals surface area contributed by atoms with Crippen LogP contribution in [0.5, 0.6) is 0 Å². The molecule has 1 aromatic carbocycles. The van der Waals surface area contributed by atoms with E-state index >= 15 is 0 Å². The van der Waals surface area contributed by atoms with Crippen molar-refractivity contribution in [3.05, 3.63) is 35.4 Å². The zero-order chi connectivity index (χ0) is 12.9. The third-order valence-electron chi connectivity index (χ3n) is 5.42. The largest absolute Gasteiger partial charge is 0.316 e. The topological polar surface area (TPSA) is 15.3 Å². The van der Waals surface area contributed by atoms with Crippen LogP contribution in [0.25, 0.3) is 0 Å². The first-order valence-electron chi connectivity index (χ1n) is 7.71. The van der Waals surface area contributed by atoms with Gasteiger partial charge < -0.3 is 5.32 Å². The van der Waals surface area contributed by atoms with Crippen LogP contribution in [0.2, 0.25) is 0 Å². The highest BCUT2D eigenvalue weighted by Gasteiger charge is 2.49. The molecule has 3 aliphatic rings. The van der Waals surface area contributed by atoms with Gasteiger partial charge >= 0.3 is 0 Å². The Labute approximate surface area is 116 Å². The van der Waals surface area contributed by atoms with Gasteiger partial charge in [-0.3, -0.25) is 4.90 Å². The summed E-state index contributed by atoms with van der Waals surface area (Å²) >= 11 is 0. The molecule has 1 saturated heterocycles. The number of nitrogens with zero attached hydrogens (tertiary/aromatic N) is 1. The summed E-state index contributed by atoms with van der Waals surface area (Å²) in [5.41, 5.74) is 4.25. The average Bonchev–Trinajstić information content (AvgIpc) is 3.03. The molecule has 1 saturated carbocycles. The Morgan fingerprint density at radius 2 is 2.05 bits per heavy atom. The summed E-state index contributed by atoms with van der Waals surface area (Å²) in [5.74, 6) is 0. The molecule has 1 aliphatic carbocycles. The van der Waals surface area contributed by atoms with Crippen LogP contribution in [0.1, 0.15) is 37.3 Å². The van der Waals surface area contributed by atoms with Gasteiger partial charge in [-0.1, -0.05) is 31.2 Å². The lowest BCUT2D eigenvalue weighted by molar-refractivity contribution is 0.146. The van der Waals surface area contributed by atoms with Crippen molar-refractivity contribution in [3.8, 4) is 0 Å². The lowest BCUT2D eigenvalue weighted by Gasteiger charge is -2.39. The third-order valence-corrected chi connectivity index (χ3v) is 5.42. The molecular formula is C17H24N2. The molecule has 0 bridgehead atoms. The second-order valence-corrected chi connectivity index (χ2v) is 7.32. The molecule has 1 atom stereocenters. The fourth-order valence-corrected chi connectivity index (χ4v) is 4.22. The van der Waals surface area contributed by atoms with E-state index in [1.165, 1.54) is 45.4 Å². The van der Waals surface area contributed by atoms with Crippen molar-refractivity contribution in [1.82, 2.24) is 10.2 Å². The molecule has 1 unspecified atom stereocenters. The number of nitrogens with one attached hydrogen (secondary N) is 1. The predicted octanol–water partition coefficient (Wildman–Crippen LogP) is 2.53. The monoisotopic (exact) mass is 256 g/mol. The van der Waals surface area contributed by atoms with Crippen LogP contribution in [0.15, 0.2) is 24.3 Å². The van der Waals surface area contributed by atoms with Crippen molar-refractivity contribution in [2.75, 3.05) is 26.2 Å². The van der Waals surface area contributed by atoms with E-state index in [-0.39, 0.29) is 0 Å². The van der Waals surface area contributed by atoms with Crippen LogP contribution >= 0.6 is 0 Å². The van der Waals surface area contributed by atoms with Gasteiger partial charge in [0.15, 0.2) is 0 Å². The summed E-state index contributed by atoms with van der Waals surface area (Å²) in [6, 6.07) is 9.14. The summed E-state index contributed by atoms with van der Waals surface area (Å²) in [6.07, 6.45) is 4.13. The number of benzene rings is 1. The average molecular weight is 256 g/mol. The molecule has 1 N–H and O–H groups in total. The normalized spacial score (nSPS) is 32.5. The number of hydrogen-bond acceptors (Lipinski definition) is 2. The molecule has 102 valence electrons. The van der Waals surface area contributed by atoms with Crippen LogP contribution in [-0.2, 0) is 12.0 Å². The van der Waals surface area contributed by atoms with Crippen LogP contribution in [0.4, 0.5) is 0 Å². The minimum Gasteiger partial charge on any atom is -0.316 e. The molecular weight excluding hydrogens is 232 g/mol. The standard InChI is InChI=1S/C17H24N2/c1-16(8-9-18-11-16)12-19-10-14-4-2-3-5-15(14)17(13-19)6-7-17/h2-5,18H,6-13H2,1H3. The molecule has 2 heteroatoms. The molecule has 2 fully saturated rings. The van der Waals surface area contributed by atoms with Gasteiger partial charge in [0.25, 0.3) is 0 Å². The lowest BCUT2D eigenvalue weighted by atomic mass is 9.84. The Morgan fingerprint density at radius 1 is 1.21 bits per heavy atom. The highest BCUT2D eigenvalue weighted by atomic mass is 15.2. The maximum atomic E-state index is 3.53. The fraction of sp³-hybridized carbons (Fsp3) is 0.647. The summed E-state index contributed by atoms with van der Waals surface area (Å²) in [4.78, 5) is 2.72. The molecule has 1 aromatic rings. The van der Waals surface area contributed by atoms with Gasteiger partial charge in [-0.05, 0) is 42.3 Å². The zero-order valence-corrected chi connectivity index (χ0v) is 11.9. The van der Waals surface area contributed by atoms with Crippen LogP contribution in [-0.4, -0.2) is 31.1 Å². The zero-order valence-electron chi connectivity index (χ0n) is 11.9. The van der Waals surface area contributed by atoms with Crippen molar-refractivity contribution in [2.24, 2.45) is 5.41 Å². The van der Waals surface area contributed by atoms with Crippen molar-refractivity contribution >= 4 is 0 Å². The van der Waals surface area contributed by atoms with Gasteiger partial charge in [0.1, 0.15) is 0 Å². The van der Waals surface area contributed by atoms with Gasteiger partial charge in [-0.15, -0.1) is 0 Å². The lowest BCUT2D eigenvalue weighted by Crippen LogP contribution is -2.44. The molecule has 2 nitrogen and oxygen atoms in total. The van der Waals surface area contributed by atoms with Crippen LogP contribution in [0.3, 0.4) is 0 Å². The van der Waals surface area contributed by atoms with E-state index in [1.807, 2.05) is 0 Å². The van der Waals surface area contributed by atoms with Crippen molar-refractivity contribution < 1.29 is 0 Å². The second-order valence-electron chi connectivity index (χ2n) is 7.32. The van der Waals surface area contributed by atoms with Gasteiger partial charge in [0, 0.05) is 31.6 Å². The summed E-state index contributed by atoms with van der Waals surface area (Å²) in [5, 5.41) is 3.53. The van der Waals surface area contributed by atoms with Crippen molar-refractivity contribution in [3.63, 3.8) is 0 Å². The Bertz CT molecular complexity index is 484. The summed E-state index contributed by atoms with van der Waals surface area (Å²) in [6.45, 7) is 8.56. The molecule has 0 aromatic heterocycles.